The Bertz CT molecular complexity index is 1650. The van der Waals surface area contributed by atoms with Gasteiger partial charge in [0.15, 0.2) is 24.5 Å². The van der Waals surface area contributed by atoms with Gasteiger partial charge in [0, 0.05) is 36.8 Å². The fourth-order valence-electron chi connectivity index (χ4n) is 7.99. The zero-order valence-electron chi connectivity index (χ0n) is 30.0. The minimum atomic E-state index is 0.0600. The first kappa shape index (κ1) is 34.0. The number of aryl methyl sites for hydroxylation is 2. The molecule has 6 rings (SSSR count). The molecule has 0 heterocycles. The molecule has 0 aromatic heterocycles. The van der Waals surface area contributed by atoms with Crippen molar-refractivity contribution in [3.63, 3.8) is 0 Å². The minimum absolute atomic E-state index is 0.0600. The molecule has 0 spiro atoms. The van der Waals surface area contributed by atoms with Crippen LogP contribution in [0.1, 0.15) is 148 Å². The highest BCUT2D eigenvalue weighted by Crippen LogP contribution is 2.40. The molecule has 0 N–H and O–H groups in total. The average Bonchev–Trinajstić information content (AvgIpc) is 3.45. The van der Waals surface area contributed by atoms with E-state index in [4.69, 9.17) is 0 Å². The fraction of sp³-hybridized carbons (Fsp3) is 0.455. The van der Waals surface area contributed by atoms with Gasteiger partial charge >= 0.3 is 0 Å². The first-order valence-corrected chi connectivity index (χ1v) is 18.5. The molecule has 4 nitrogen and oxygen atoms in total. The van der Waals surface area contributed by atoms with E-state index >= 15 is 0 Å². The molecule has 252 valence electrons. The molecule has 2 saturated carbocycles. The van der Waals surface area contributed by atoms with Gasteiger partial charge in [-0.2, -0.15) is 0 Å². The molecule has 0 unspecified atom stereocenters. The quantitative estimate of drug-likeness (QED) is 0.0831. The van der Waals surface area contributed by atoms with Gasteiger partial charge in [-0.1, -0.05) is 89.1 Å². The molecule has 0 aromatic carbocycles. The van der Waals surface area contributed by atoms with E-state index in [9.17, 15) is 10.4 Å². The van der Waals surface area contributed by atoms with Crippen LogP contribution in [0.15, 0.2) is 48.5 Å². The van der Waals surface area contributed by atoms with Crippen molar-refractivity contribution in [1.82, 2.24) is 0 Å². The maximum Gasteiger partial charge on any atom is 0.182 e. The standard InChI is InChI=1S/C44H54N2O2/c1-29(2)33-19-17-31(5)43-35(23-37(41(43)25-33)27-45(47)39-13-9-7-10-14-39)21-22-36-24-38(28-46(48)40-15-11-8-12-16-40)42-26-34(30(3)4)20-18-32(6)44(36)42/h17-30,39-40H,7-16H2,1-6H3/b22-21+,45-27-,46-28-. The van der Waals surface area contributed by atoms with Gasteiger partial charge in [0.25, 0.3) is 0 Å². The van der Waals surface area contributed by atoms with Gasteiger partial charge in [-0.25, -0.2) is 9.48 Å². The minimum Gasteiger partial charge on any atom is -0.624 e. The van der Waals surface area contributed by atoms with Crippen LogP contribution in [-0.2, 0) is 0 Å². The molecule has 0 aromatic rings. The van der Waals surface area contributed by atoms with Crippen LogP contribution in [0.3, 0.4) is 0 Å². The van der Waals surface area contributed by atoms with Gasteiger partial charge < -0.3 is 10.4 Å². The second-order valence-electron chi connectivity index (χ2n) is 15.2. The highest BCUT2D eigenvalue weighted by atomic mass is 16.5. The van der Waals surface area contributed by atoms with Crippen LogP contribution >= 0.6 is 0 Å². The summed E-state index contributed by atoms with van der Waals surface area (Å²) in [6.45, 7) is 13.3. The van der Waals surface area contributed by atoms with Crippen molar-refractivity contribution in [3.8, 4) is 22.3 Å². The van der Waals surface area contributed by atoms with Crippen molar-refractivity contribution in [2.45, 2.75) is 130 Å². The summed E-state index contributed by atoms with van der Waals surface area (Å²) in [7, 11) is 0. The van der Waals surface area contributed by atoms with Crippen molar-refractivity contribution in [2.75, 3.05) is 0 Å². The Morgan fingerprint density at radius 3 is 1.27 bits per heavy atom. The molecule has 0 radical (unpaired) electrons. The molecule has 48 heavy (non-hydrogen) atoms. The van der Waals surface area contributed by atoms with Crippen molar-refractivity contribution in [1.29, 1.82) is 0 Å². The molecule has 0 bridgehead atoms. The molecule has 6 aliphatic rings. The van der Waals surface area contributed by atoms with E-state index in [0.29, 0.717) is 11.8 Å². The number of nitrogens with zero attached hydrogens (tertiary/aromatic N) is 2. The maximum atomic E-state index is 13.5. The molecule has 6 aliphatic carbocycles. The third-order valence-electron chi connectivity index (χ3n) is 11.0. The van der Waals surface area contributed by atoms with Crippen LogP contribution in [0.4, 0.5) is 0 Å². The largest absolute Gasteiger partial charge is 0.624 e. The summed E-state index contributed by atoms with van der Waals surface area (Å²) in [5, 5.41) is 27.0. The molecular weight excluding hydrogens is 588 g/mol. The second kappa shape index (κ2) is 14.7. The molecule has 0 aliphatic heterocycles. The van der Waals surface area contributed by atoms with Crippen molar-refractivity contribution in [2.24, 2.45) is 0 Å². The van der Waals surface area contributed by atoms with Gasteiger partial charge in [-0.15, -0.1) is 0 Å². The Hall–Kier alpha value is -3.92. The number of hydroxylamine groups is 2. The molecule has 2 fully saturated rings. The summed E-state index contributed by atoms with van der Waals surface area (Å²) in [4.78, 5) is 0. The van der Waals surface area contributed by atoms with Crippen LogP contribution in [-0.4, -0.2) is 34.0 Å². The summed E-state index contributed by atoms with van der Waals surface area (Å²) >= 11 is 0. The van der Waals surface area contributed by atoms with Gasteiger partial charge in [0.2, 0.25) is 0 Å². The lowest BCUT2D eigenvalue weighted by molar-refractivity contribution is -0.500. The van der Waals surface area contributed by atoms with Crippen molar-refractivity contribution in [3.05, 3.63) is 103 Å². The summed E-state index contributed by atoms with van der Waals surface area (Å²) in [5.41, 5.74) is 13.8. The Kier molecular flexibility index (Phi) is 10.4. The third kappa shape index (κ3) is 7.23. The predicted octanol–water partition coefficient (Wildman–Crippen LogP) is 11.5. The summed E-state index contributed by atoms with van der Waals surface area (Å²) in [6.07, 6.45) is 19.0. The zero-order valence-corrected chi connectivity index (χ0v) is 30.0. The van der Waals surface area contributed by atoms with E-state index in [1.165, 1.54) is 55.7 Å². The Morgan fingerprint density at radius 2 is 0.917 bits per heavy atom. The molecule has 0 atom stereocenters. The molecule has 0 saturated heterocycles. The monoisotopic (exact) mass is 642 g/mol. The van der Waals surface area contributed by atoms with E-state index in [0.717, 1.165) is 84.7 Å². The molecular formula is C44H54N2O2. The maximum absolute atomic E-state index is 13.5. The summed E-state index contributed by atoms with van der Waals surface area (Å²) in [5.74, 6) is 0.755. The summed E-state index contributed by atoms with van der Waals surface area (Å²) in [6, 6.07) is 18.0. The van der Waals surface area contributed by atoms with Crippen LogP contribution in [0.5, 0.6) is 0 Å². The van der Waals surface area contributed by atoms with Crippen LogP contribution < -0.4 is 0 Å². The van der Waals surface area contributed by atoms with Gasteiger partial charge in [-0.05, 0) is 119 Å². The van der Waals surface area contributed by atoms with E-state index in [-0.39, 0.29) is 12.1 Å². The van der Waals surface area contributed by atoms with Crippen LogP contribution in [0, 0.1) is 24.3 Å². The molecule has 0 amide bonds. The Labute approximate surface area is 288 Å². The smallest absolute Gasteiger partial charge is 0.182 e. The predicted molar refractivity (Wildman–Crippen MR) is 204 cm³/mol. The van der Waals surface area contributed by atoms with E-state index in [1.54, 1.807) is 0 Å². The third-order valence-corrected chi connectivity index (χ3v) is 11.0. The lowest BCUT2D eigenvalue weighted by Crippen LogP contribution is -2.25. The Morgan fingerprint density at radius 1 is 0.542 bits per heavy atom. The first-order chi connectivity index (χ1) is 23.1. The van der Waals surface area contributed by atoms with E-state index < -0.39 is 0 Å². The summed E-state index contributed by atoms with van der Waals surface area (Å²) < 4.78 is 2.48. The SMILES string of the molecule is Cc1ccc(C(C)C)cc2c(/C=[N+](\[O-])C3CCCCC3)cc(/C=C/c3cc(/C=[N+](\[O-])C4CCCCC4)c4cc(C(C)C)ccc(C)c3-4)c1-2. The van der Waals surface area contributed by atoms with Crippen LogP contribution in [0.25, 0.3) is 34.4 Å². The highest BCUT2D eigenvalue weighted by Gasteiger charge is 2.25. The highest BCUT2D eigenvalue weighted by molar-refractivity contribution is 6.00. The number of fused-ring (bicyclic) bond motifs is 2. The average molecular weight is 643 g/mol. The topological polar surface area (TPSA) is 52.1 Å². The number of rotatable bonds is 8. The van der Waals surface area contributed by atoms with Crippen molar-refractivity contribution < 1.29 is 9.48 Å². The fourth-order valence-corrected chi connectivity index (χ4v) is 7.99. The van der Waals surface area contributed by atoms with E-state index in [1.807, 2.05) is 12.4 Å². The number of hydrogen-bond acceptors (Lipinski definition) is 2. The van der Waals surface area contributed by atoms with E-state index in [2.05, 4.69) is 102 Å². The zero-order chi connectivity index (χ0) is 33.9. The van der Waals surface area contributed by atoms with Crippen LogP contribution in [0.2, 0.25) is 0 Å². The molecule has 4 heteroatoms. The van der Waals surface area contributed by atoms with Gasteiger partial charge in [0.05, 0.1) is 0 Å². The van der Waals surface area contributed by atoms with Crippen molar-refractivity contribution >= 4 is 24.6 Å². The lowest BCUT2D eigenvalue weighted by atomic mass is 9.95. The lowest BCUT2D eigenvalue weighted by Gasteiger charge is -2.20. The normalized spacial score (nSPS) is 17.5. The second-order valence-corrected chi connectivity index (χ2v) is 15.2. The first-order valence-electron chi connectivity index (χ1n) is 18.5. The van der Waals surface area contributed by atoms with Gasteiger partial charge in [0.1, 0.15) is 0 Å². The van der Waals surface area contributed by atoms with Gasteiger partial charge in [-0.3, -0.25) is 0 Å². The number of hydrogen-bond donors (Lipinski definition) is 0. The Balaban J connectivity index is 1.48.